The molecular formula is C15H30N2O3S. The molecule has 5 nitrogen and oxygen atoms in total. The van der Waals surface area contributed by atoms with Gasteiger partial charge in [0.2, 0.25) is 10.0 Å². The highest BCUT2D eigenvalue weighted by molar-refractivity contribution is 7.89. The Balaban J connectivity index is 1.74. The summed E-state index contributed by atoms with van der Waals surface area (Å²) in [4.78, 5) is 0. The highest BCUT2D eigenvalue weighted by atomic mass is 32.2. The van der Waals surface area contributed by atoms with E-state index in [1.807, 2.05) is 0 Å². The maximum atomic E-state index is 11.7. The maximum Gasteiger partial charge on any atom is 0.213 e. The maximum absolute atomic E-state index is 11.7. The largest absolute Gasteiger partial charge is 0.377 e. The van der Waals surface area contributed by atoms with Gasteiger partial charge in [0.1, 0.15) is 0 Å². The van der Waals surface area contributed by atoms with Gasteiger partial charge in [-0.3, -0.25) is 0 Å². The number of hydrogen-bond acceptors (Lipinski definition) is 4. The molecule has 2 fully saturated rings. The quantitative estimate of drug-likeness (QED) is 0.722. The summed E-state index contributed by atoms with van der Waals surface area (Å²) < 4.78 is 30.7. The van der Waals surface area contributed by atoms with Crippen LogP contribution in [0, 0.1) is 11.3 Å². The number of nitrogens with zero attached hydrogens (tertiary/aromatic N) is 1. The van der Waals surface area contributed by atoms with E-state index in [0.29, 0.717) is 24.6 Å². The fourth-order valence-corrected chi connectivity index (χ4v) is 4.70. The van der Waals surface area contributed by atoms with Gasteiger partial charge in [-0.15, -0.1) is 0 Å². The predicted octanol–water partition coefficient (Wildman–Crippen LogP) is 1.45. The summed E-state index contributed by atoms with van der Waals surface area (Å²) >= 11 is 0. The first-order valence-corrected chi connectivity index (χ1v) is 9.70. The molecule has 2 rings (SSSR count). The Hall–Kier alpha value is -0.170. The van der Waals surface area contributed by atoms with Gasteiger partial charge < -0.3 is 10.1 Å². The van der Waals surface area contributed by atoms with Crippen molar-refractivity contribution in [1.29, 1.82) is 0 Å². The highest BCUT2D eigenvalue weighted by Gasteiger charge is 2.57. The fraction of sp³-hybridized carbons (Fsp3) is 1.00. The van der Waals surface area contributed by atoms with Gasteiger partial charge in [-0.05, 0) is 32.7 Å². The van der Waals surface area contributed by atoms with Crippen molar-refractivity contribution in [3.05, 3.63) is 0 Å². The molecule has 1 saturated carbocycles. The van der Waals surface area contributed by atoms with Crippen LogP contribution in [0.2, 0.25) is 0 Å². The van der Waals surface area contributed by atoms with Crippen LogP contribution in [-0.2, 0) is 14.8 Å². The smallest absolute Gasteiger partial charge is 0.213 e. The van der Waals surface area contributed by atoms with Crippen molar-refractivity contribution in [3.63, 3.8) is 0 Å². The fourth-order valence-electron chi connectivity index (χ4n) is 3.86. The Morgan fingerprint density at radius 1 is 1.38 bits per heavy atom. The third kappa shape index (κ3) is 3.44. The molecule has 1 heterocycles. The normalized spacial score (nSPS) is 31.8. The average molecular weight is 318 g/mol. The second kappa shape index (κ2) is 6.52. The molecule has 0 aromatic carbocycles. The molecule has 0 unspecified atom stereocenters. The van der Waals surface area contributed by atoms with Crippen molar-refractivity contribution in [1.82, 2.24) is 9.62 Å². The van der Waals surface area contributed by atoms with Gasteiger partial charge in [0.05, 0.1) is 11.9 Å². The van der Waals surface area contributed by atoms with Gasteiger partial charge in [0.15, 0.2) is 0 Å². The summed E-state index contributed by atoms with van der Waals surface area (Å²) in [6.07, 6.45) is 3.65. The van der Waals surface area contributed by atoms with Crippen molar-refractivity contribution in [2.45, 2.75) is 52.2 Å². The van der Waals surface area contributed by atoms with Crippen LogP contribution in [-0.4, -0.2) is 57.4 Å². The summed E-state index contributed by atoms with van der Waals surface area (Å²) in [6.45, 7) is 8.57. The van der Waals surface area contributed by atoms with E-state index in [9.17, 15) is 8.42 Å². The molecule has 3 atom stereocenters. The molecule has 6 heteroatoms. The molecule has 21 heavy (non-hydrogen) atoms. The lowest BCUT2D eigenvalue weighted by Crippen LogP contribution is -2.69. The van der Waals surface area contributed by atoms with E-state index in [0.717, 1.165) is 26.0 Å². The van der Waals surface area contributed by atoms with Crippen LogP contribution in [0.1, 0.15) is 40.0 Å². The molecule has 0 bridgehead atoms. The van der Waals surface area contributed by atoms with Crippen molar-refractivity contribution in [2.24, 2.45) is 11.3 Å². The summed E-state index contributed by atoms with van der Waals surface area (Å²) in [5.41, 5.74) is 0.187. The Kier molecular flexibility index (Phi) is 5.34. The highest BCUT2D eigenvalue weighted by Crippen LogP contribution is 2.51. The van der Waals surface area contributed by atoms with E-state index in [1.54, 1.807) is 14.0 Å². The summed E-state index contributed by atoms with van der Waals surface area (Å²) in [5, 5.41) is 3.63. The van der Waals surface area contributed by atoms with Crippen LogP contribution in [0.15, 0.2) is 0 Å². The number of nitrogens with one attached hydrogen (secondary N) is 1. The van der Waals surface area contributed by atoms with E-state index >= 15 is 0 Å². The van der Waals surface area contributed by atoms with Gasteiger partial charge in [-0.2, -0.15) is 0 Å². The first kappa shape index (κ1) is 17.2. The van der Waals surface area contributed by atoms with Crippen LogP contribution in [0.5, 0.6) is 0 Å². The van der Waals surface area contributed by atoms with Crippen LogP contribution in [0.4, 0.5) is 0 Å². The zero-order valence-corrected chi connectivity index (χ0v) is 14.6. The number of fused-ring (bicyclic) bond motifs is 1. The Morgan fingerprint density at radius 2 is 2.10 bits per heavy atom. The lowest BCUT2D eigenvalue weighted by Gasteiger charge is -2.60. The summed E-state index contributed by atoms with van der Waals surface area (Å²) in [5.74, 6) is 0.805. The van der Waals surface area contributed by atoms with Gasteiger partial charge in [-0.25, -0.2) is 12.7 Å². The first-order chi connectivity index (χ1) is 9.80. The van der Waals surface area contributed by atoms with Crippen molar-refractivity contribution in [3.8, 4) is 0 Å². The lowest BCUT2D eigenvalue weighted by atomic mass is 9.55. The molecule has 2 aliphatic rings. The van der Waals surface area contributed by atoms with E-state index in [-0.39, 0.29) is 11.2 Å². The Labute approximate surface area is 129 Å². The van der Waals surface area contributed by atoms with Gasteiger partial charge >= 0.3 is 0 Å². The summed E-state index contributed by atoms with van der Waals surface area (Å²) in [6, 6.07) is 0.496. The second-order valence-corrected chi connectivity index (χ2v) is 9.29. The molecule has 0 amide bonds. The monoisotopic (exact) mass is 318 g/mol. The van der Waals surface area contributed by atoms with Crippen LogP contribution < -0.4 is 5.32 Å². The molecule has 1 N–H and O–H groups in total. The number of hydrogen-bond donors (Lipinski definition) is 1. The summed E-state index contributed by atoms with van der Waals surface area (Å²) in [7, 11) is -1.38. The minimum Gasteiger partial charge on any atom is -0.377 e. The van der Waals surface area contributed by atoms with E-state index < -0.39 is 10.0 Å². The average Bonchev–Trinajstić information content (AvgIpc) is 2.46. The zero-order chi connectivity index (χ0) is 15.7. The topological polar surface area (TPSA) is 58.6 Å². The molecule has 1 aliphatic carbocycles. The molecule has 0 radical (unpaired) electrons. The van der Waals surface area contributed by atoms with Crippen LogP contribution in [0.3, 0.4) is 0 Å². The molecule has 0 aromatic rings. The third-order valence-corrected chi connectivity index (χ3v) is 7.05. The van der Waals surface area contributed by atoms with Crippen molar-refractivity contribution in [2.75, 3.05) is 32.5 Å². The number of sulfonamides is 1. The minimum absolute atomic E-state index is 0.174. The molecule has 1 aliphatic heterocycles. The van der Waals surface area contributed by atoms with Gasteiger partial charge in [0, 0.05) is 37.6 Å². The standard InChI is InChI=1S/C15H30N2O3S/c1-5-21(18,19)17(4)10-7-9-16-13-12-8-6-11-20-14(12)15(13,2)3/h12-14,16H,5-11H2,1-4H3/t12-,13+,14+/m0/s1. The molecule has 1 saturated heterocycles. The third-order valence-electron chi connectivity index (χ3n) is 5.18. The zero-order valence-electron chi connectivity index (χ0n) is 13.8. The first-order valence-electron chi connectivity index (χ1n) is 8.09. The van der Waals surface area contributed by atoms with E-state index in [1.165, 1.54) is 10.7 Å². The van der Waals surface area contributed by atoms with Gasteiger partial charge in [0.25, 0.3) is 0 Å². The Bertz CT molecular complexity index is 450. The van der Waals surface area contributed by atoms with Gasteiger partial charge in [-0.1, -0.05) is 13.8 Å². The molecule has 0 aromatic heterocycles. The number of ether oxygens (including phenoxy) is 1. The SMILES string of the molecule is CCS(=O)(=O)N(C)CCCN[C@@H]1[C@@H]2CCCO[C@H]2C1(C)C. The molecule has 124 valence electrons. The molecular weight excluding hydrogens is 288 g/mol. The van der Waals surface area contributed by atoms with Crippen LogP contribution in [0.25, 0.3) is 0 Å². The lowest BCUT2D eigenvalue weighted by molar-refractivity contribution is -0.192. The van der Waals surface area contributed by atoms with E-state index in [2.05, 4.69) is 19.2 Å². The van der Waals surface area contributed by atoms with Crippen molar-refractivity contribution < 1.29 is 13.2 Å². The number of rotatable bonds is 7. The van der Waals surface area contributed by atoms with Crippen molar-refractivity contribution >= 4 is 10.0 Å². The Morgan fingerprint density at radius 3 is 2.76 bits per heavy atom. The minimum atomic E-state index is -3.05. The second-order valence-electron chi connectivity index (χ2n) is 6.93. The van der Waals surface area contributed by atoms with Crippen LogP contribution >= 0.6 is 0 Å². The predicted molar refractivity (Wildman–Crippen MR) is 84.7 cm³/mol. The van der Waals surface area contributed by atoms with E-state index in [4.69, 9.17) is 4.74 Å². The molecule has 0 spiro atoms.